The SMILES string of the molecule is CCCCC#CCN1C(C)CCCC1C. The molecule has 0 saturated carbocycles. The molecule has 0 aromatic carbocycles. The lowest BCUT2D eigenvalue weighted by Gasteiger charge is -2.37. The van der Waals surface area contributed by atoms with E-state index < -0.39 is 0 Å². The Morgan fingerprint density at radius 2 is 1.80 bits per heavy atom. The van der Waals surface area contributed by atoms with E-state index in [0.29, 0.717) is 0 Å². The molecule has 1 fully saturated rings. The van der Waals surface area contributed by atoms with Gasteiger partial charge in [0.25, 0.3) is 0 Å². The van der Waals surface area contributed by atoms with Gasteiger partial charge in [-0.15, -0.1) is 5.92 Å². The van der Waals surface area contributed by atoms with Crippen LogP contribution in [0.5, 0.6) is 0 Å². The van der Waals surface area contributed by atoms with Gasteiger partial charge in [0.05, 0.1) is 6.54 Å². The summed E-state index contributed by atoms with van der Waals surface area (Å²) in [4.78, 5) is 2.56. The number of hydrogen-bond donors (Lipinski definition) is 0. The Hall–Kier alpha value is -0.480. The first-order valence-electron chi connectivity index (χ1n) is 6.47. The van der Waals surface area contributed by atoms with Gasteiger partial charge in [-0.2, -0.15) is 0 Å². The predicted molar refractivity (Wildman–Crippen MR) is 66.8 cm³/mol. The van der Waals surface area contributed by atoms with E-state index in [2.05, 4.69) is 37.5 Å². The van der Waals surface area contributed by atoms with Crippen molar-refractivity contribution in [3.8, 4) is 11.8 Å². The van der Waals surface area contributed by atoms with Gasteiger partial charge in [0, 0.05) is 18.5 Å². The van der Waals surface area contributed by atoms with Crippen molar-refractivity contribution in [1.29, 1.82) is 0 Å². The highest BCUT2D eigenvalue weighted by Crippen LogP contribution is 2.21. The molecule has 15 heavy (non-hydrogen) atoms. The summed E-state index contributed by atoms with van der Waals surface area (Å²) in [6.45, 7) is 7.87. The van der Waals surface area contributed by atoms with E-state index in [1.54, 1.807) is 0 Å². The van der Waals surface area contributed by atoms with Gasteiger partial charge in [-0.1, -0.05) is 25.7 Å². The summed E-state index contributed by atoms with van der Waals surface area (Å²) in [5.74, 6) is 6.61. The first kappa shape index (κ1) is 12.6. The third-order valence-electron chi connectivity index (χ3n) is 3.42. The Labute approximate surface area is 95.2 Å². The van der Waals surface area contributed by atoms with E-state index in [1.165, 1.54) is 32.1 Å². The quantitative estimate of drug-likeness (QED) is 0.506. The second kappa shape index (κ2) is 6.90. The van der Waals surface area contributed by atoms with Crippen LogP contribution in [0, 0.1) is 11.8 Å². The van der Waals surface area contributed by atoms with Gasteiger partial charge in [0.2, 0.25) is 0 Å². The Morgan fingerprint density at radius 1 is 1.13 bits per heavy atom. The molecule has 0 aliphatic carbocycles. The first-order valence-corrected chi connectivity index (χ1v) is 6.47. The summed E-state index contributed by atoms with van der Waals surface area (Å²) in [6.07, 6.45) is 7.67. The fourth-order valence-electron chi connectivity index (χ4n) is 2.29. The van der Waals surface area contributed by atoms with Crippen molar-refractivity contribution < 1.29 is 0 Å². The summed E-state index contributed by atoms with van der Waals surface area (Å²) in [7, 11) is 0. The highest BCUT2D eigenvalue weighted by atomic mass is 15.2. The number of unbranched alkanes of at least 4 members (excludes halogenated alkanes) is 2. The number of likely N-dealkylation sites (tertiary alicyclic amines) is 1. The summed E-state index contributed by atoms with van der Waals surface area (Å²) < 4.78 is 0. The second-order valence-electron chi connectivity index (χ2n) is 4.76. The molecule has 1 heteroatoms. The maximum absolute atomic E-state index is 3.33. The zero-order chi connectivity index (χ0) is 11.1. The average molecular weight is 207 g/mol. The van der Waals surface area contributed by atoms with E-state index in [9.17, 15) is 0 Å². The van der Waals surface area contributed by atoms with Crippen LogP contribution in [-0.4, -0.2) is 23.5 Å². The molecule has 1 saturated heterocycles. The van der Waals surface area contributed by atoms with Crippen LogP contribution in [-0.2, 0) is 0 Å². The normalized spacial score (nSPS) is 27.1. The van der Waals surface area contributed by atoms with Gasteiger partial charge in [0.1, 0.15) is 0 Å². The van der Waals surface area contributed by atoms with E-state index in [4.69, 9.17) is 0 Å². The zero-order valence-corrected chi connectivity index (χ0v) is 10.6. The number of rotatable bonds is 3. The molecule has 0 aromatic rings. The molecule has 0 radical (unpaired) electrons. The van der Waals surface area contributed by atoms with Gasteiger partial charge < -0.3 is 0 Å². The zero-order valence-electron chi connectivity index (χ0n) is 10.6. The number of piperidine rings is 1. The molecule has 0 bridgehead atoms. The van der Waals surface area contributed by atoms with Gasteiger partial charge in [-0.3, -0.25) is 4.90 Å². The minimum absolute atomic E-state index is 0.731. The maximum Gasteiger partial charge on any atom is 0.0606 e. The predicted octanol–water partition coefficient (Wildman–Crippen LogP) is 3.44. The van der Waals surface area contributed by atoms with Crippen LogP contribution in [0.15, 0.2) is 0 Å². The molecule has 1 aliphatic heterocycles. The Kier molecular flexibility index (Phi) is 5.79. The molecule has 1 heterocycles. The molecule has 1 nitrogen and oxygen atoms in total. The van der Waals surface area contributed by atoms with Crippen LogP contribution in [0.1, 0.15) is 59.3 Å². The molecule has 86 valence electrons. The molecule has 0 amide bonds. The van der Waals surface area contributed by atoms with Crippen LogP contribution in [0.3, 0.4) is 0 Å². The number of nitrogens with zero attached hydrogens (tertiary/aromatic N) is 1. The smallest absolute Gasteiger partial charge is 0.0606 e. The lowest BCUT2D eigenvalue weighted by molar-refractivity contribution is 0.121. The highest BCUT2D eigenvalue weighted by Gasteiger charge is 2.23. The third-order valence-corrected chi connectivity index (χ3v) is 3.42. The van der Waals surface area contributed by atoms with Crippen LogP contribution >= 0.6 is 0 Å². The van der Waals surface area contributed by atoms with Crippen molar-refractivity contribution in [3.63, 3.8) is 0 Å². The molecule has 1 rings (SSSR count). The van der Waals surface area contributed by atoms with Crippen molar-refractivity contribution >= 4 is 0 Å². The Bertz CT molecular complexity index is 213. The molecule has 2 atom stereocenters. The fraction of sp³-hybridized carbons (Fsp3) is 0.857. The largest absolute Gasteiger partial charge is 0.287 e. The second-order valence-corrected chi connectivity index (χ2v) is 4.76. The molecular formula is C14H25N. The highest BCUT2D eigenvalue weighted by molar-refractivity contribution is 5.02. The van der Waals surface area contributed by atoms with Crippen molar-refractivity contribution in [2.24, 2.45) is 0 Å². The van der Waals surface area contributed by atoms with Gasteiger partial charge in [0.15, 0.2) is 0 Å². The molecular weight excluding hydrogens is 182 g/mol. The van der Waals surface area contributed by atoms with Crippen molar-refractivity contribution in [3.05, 3.63) is 0 Å². The monoisotopic (exact) mass is 207 g/mol. The van der Waals surface area contributed by atoms with Crippen LogP contribution in [0.4, 0.5) is 0 Å². The molecule has 2 unspecified atom stereocenters. The summed E-state index contributed by atoms with van der Waals surface area (Å²) in [6, 6.07) is 1.46. The maximum atomic E-state index is 3.33. The van der Waals surface area contributed by atoms with Crippen LogP contribution in [0.25, 0.3) is 0 Å². The van der Waals surface area contributed by atoms with Crippen LogP contribution in [0.2, 0.25) is 0 Å². The molecule has 0 spiro atoms. The van der Waals surface area contributed by atoms with Gasteiger partial charge in [-0.05, 0) is 33.1 Å². The Morgan fingerprint density at radius 3 is 2.40 bits per heavy atom. The minimum Gasteiger partial charge on any atom is -0.287 e. The minimum atomic E-state index is 0.731. The van der Waals surface area contributed by atoms with Crippen molar-refractivity contribution in [2.45, 2.75) is 71.4 Å². The van der Waals surface area contributed by atoms with E-state index in [0.717, 1.165) is 25.0 Å². The fourth-order valence-corrected chi connectivity index (χ4v) is 2.29. The van der Waals surface area contributed by atoms with Crippen molar-refractivity contribution in [2.75, 3.05) is 6.54 Å². The average Bonchev–Trinajstić information content (AvgIpc) is 2.21. The topological polar surface area (TPSA) is 3.24 Å². The molecule has 0 aromatic heterocycles. The third kappa shape index (κ3) is 4.26. The van der Waals surface area contributed by atoms with Gasteiger partial charge in [-0.25, -0.2) is 0 Å². The van der Waals surface area contributed by atoms with E-state index in [1.807, 2.05) is 0 Å². The lowest BCUT2D eigenvalue weighted by Crippen LogP contribution is -2.43. The number of hydrogen-bond acceptors (Lipinski definition) is 1. The van der Waals surface area contributed by atoms with Gasteiger partial charge >= 0.3 is 0 Å². The van der Waals surface area contributed by atoms with E-state index >= 15 is 0 Å². The summed E-state index contributed by atoms with van der Waals surface area (Å²) >= 11 is 0. The Balaban J connectivity index is 2.30. The summed E-state index contributed by atoms with van der Waals surface area (Å²) in [5, 5.41) is 0. The van der Waals surface area contributed by atoms with Crippen molar-refractivity contribution in [1.82, 2.24) is 4.90 Å². The standard InChI is InChI=1S/C14H25N/c1-4-5-6-7-8-12-15-13(2)10-9-11-14(15)3/h13-14H,4-6,9-12H2,1-3H3. The van der Waals surface area contributed by atoms with Crippen LogP contribution < -0.4 is 0 Å². The molecule has 0 N–H and O–H groups in total. The lowest BCUT2D eigenvalue weighted by atomic mass is 9.98. The first-order chi connectivity index (χ1) is 7.25. The molecule has 1 aliphatic rings. The van der Waals surface area contributed by atoms with E-state index in [-0.39, 0.29) is 0 Å². The summed E-state index contributed by atoms with van der Waals surface area (Å²) in [5.41, 5.74) is 0.